The van der Waals surface area contributed by atoms with Crippen molar-refractivity contribution in [1.82, 2.24) is 14.0 Å². The predicted molar refractivity (Wildman–Crippen MR) is 83.2 cm³/mol. The zero-order chi connectivity index (χ0) is 15.6. The molecule has 1 saturated carbocycles. The number of hydrogen-bond acceptors (Lipinski definition) is 4. The van der Waals surface area contributed by atoms with Crippen LogP contribution in [0.15, 0.2) is 15.7 Å². The third kappa shape index (κ3) is 3.27. The summed E-state index contributed by atoms with van der Waals surface area (Å²) in [6.45, 7) is 1.30. The van der Waals surface area contributed by atoms with Crippen LogP contribution in [-0.4, -0.2) is 33.7 Å². The molecule has 0 saturated heterocycles. The Morgan fingerprint density at radius 2 is 1.90 bits per heavy atom. The highest BCUT2D eigenvalue weighted by Gasteiger charge is 2.27. The second-order valence-electron chi connectivity index (χ2n) is 6.14. The maximum atomic E-state index is 12.0. The third-order valence-electron chi connectivity index (χ3n) is 4.77. The molecule has 1 aromatic rings. The minimum absolute atomic E-state index is 0.250. The predicted octanol–water partition coefficient (Wildman–Crippen LogP) is 0.0333. The first kappa shape index (κ1) is 16.0. The van der Waals surface area contributed by atoms with Gasteiger partial charge in [-0.25, -0.2) is 4.79 Å². The fourth-order valence-electron chi connectivity index (χ4n) is 3.35. The first-order valence-corrected chi connectivity index (χ1v) is 7.62. The molecule has 21 heavy (non-hydrogen) atoms. The van der Waals surface area contributed by atoms with Crippen molar-refractivity contribution >= 4 is 0 Å². The van der Waals surface area contributed by atoms with Gasteiger partial charge in [0.2, 0.25) is 0 Å². The minimum Gasteiger partial charge on any atom is -0.330 e. The van der Waals surface area contributed by atoms with Crippen LogP contribution in [0.25, 0.3) is 0 Å². The van der Waals surface area contributed by atoms with Gasteiger partial charge < -0.3 is 5.73 Å². The molecule has 6 nitrogen and oxygen atoms in total. The lowest BCUT2D eigenvalue weighted by Crippen LogP contribution is -2.44. The standard InChI is InChI=1S/C15H26N4O2/c1-17(13-7-5-4-6-11(13)9-16)10-12-8-14(20)19(3)15(21)18(12)2/h8,11,13H,4-7,9-10,16H2,1-3H3. The Balaban J connectivity index is 2.21. The SMILES string of the molecule is CN(Cc1cc(=O)n(C)c(=O)n1C)C1CCCCC1CN. The van der Waals surface area contributed by atoms with Gasteiger partial charge in [0, 0.05) is 38.4 Å². The topological polar surface area (TPSA) is 73.3 Å². The number of aromatic nitrogens is 2. The summed E-state index contributed by atoms with van der Waals surface area (Å²) >= 11 is 0. The van der Waals surface area contributed by atoms with Gasteiger partial charge in [-0.2, -0.15) is 0 Å². The van der Waals surface area contributed by atoms with Gasteiger partial charge in [0.25, 0.3) is 5.56 Å². The van der Waals surface area contributed by atoms with E-state index in [-0.39, 0.29) is 11.2 Å². The van der Waals surface area contributed by atoms with Gasteiger partial charge in [0.05, 0.1) is 0 Å². The zero-order valence-corrected chi connectivity index (χ0v) is 13.2. The van der Waals surface area contributed by atoms with Crippen LogP contribution >= 0.6 is 0 Å². The lowest BCUT2D eigenvalue weighted by molar-refractivity contribution is 0.125. The molecule has 0 aromatic carbocycles. The van der Waals surface area contributed by atoms with E-state index in [9.17, 15) is 9.59 Å². The maximum absolute atomic E-state index is 12.0. The third-order valence-corrected chi connectivity index (χ3v) is 4.77. The monoisotopic (exact) mass is 294 g/mol. The van der Waals surface area contributed by atoms with Crippen LogP contribution in [0, 0.1) is 5.92 Å². The Hall–Kier alpha value is -1.40. The van der Waals surface area contributed by atoms with E-state index in [0.717, 1.165) is 16.7 Å². The van der Waals surface area contributed by atoms with Gasteiger partial charge in [-0.3, -0.25) is 18.8 Å². The van der Waals surface area contributed by atoms with Crippen LogP contribution in [0.1, 0.15) is 31.4 Å². The first-order valence-electron chi connectivity index (χ1n) is 7.62. The Bertz CT molecular complexity index is 605. The fraction of sp³-hybridized carbons (Fsp3) is 0.733. The Labute approximate surface area is 125 Å². The molecule has 2 rings (SSSR count). The number of nitrogens with two attached hydrogens (primary N) is 1. The van der Waals surface area contributed by atoms with Crippen LogP contribution in [-0.2, 0) is 20.6 Å². The molecule has 1 heterocycles. The highest BCUT2D eigenvalue weighted by Crippen LogP contribution is 2.27. The second kappa shape index (κ2) is 6.58. The zero-order valence-electron chi connectivity index (χ0n) is 13.2. The fourth-order valence-corrected chi connectivity index (χ4v) is 3.35. The summed E-state index contributed by atoms with van der Waals surface area (Å²) in [5.74, 6) is 0.507. The van der Waals surface area contributed by atoms with Crippen molar-refractivity contribution in [3.8, 4) is 0 Å². The van der Waals surface area contributed by atoms with Gasteiger partial charge in [-0.15, -0.1) is 0 Å². The summed E-state index contributed by atoms with van der Waals surface area (Å²) in [6, 6.07) is 1.99. The average molecular weight is 294 g/mol. The molecule has 1 aliphatic rings. The van der Waals surface area contributed by atoms with E-state index in [1.54, 1.807) is 17.7 Å². The van der Waals surface area contributed by atoms with E-state index in [4.69, 9.17) is 5.73 Å². The number of nitrogens with zero attached hydrogens (tertiary/aromatic N) is 3. The van der Waals surface area contributed by atoms with E-state index >= 15 is 0 Å². The van der Waals surface area contributed by atoms with Gasteiger partial charge in [0.15, 0.2) is 0 Å². The van der Waals surface area contributed by atoms with Gasteiger partial charge >= 0.3 is 5.69 Å². The molecule has 0 bridgehead atoms. The summed E-state index contributed by atoms with van der Waals surface area (Å²) in [7, 11) is 5.27. The molecule has 118 valence electrons. The van der Waals surface area contributed by atoms with Crippen molar-refractivity contribution in [2.75, 3.05) is 13.6 Å². The summed E-state index contributed by atoms with van der Waals surface area (Å²) in [5, 5.41) is 0. The van der Waals surface area contributed by atoms with Gasteiger partial charge in [-0.05, 0) is 32.4 Å². The van der Waals surface area contributed by atoms with Crippen molar-refractivity contribution in [3.05, 3.63) is 32.6 Å². The van der Waals surface area contributed by atoms with Crippen molar-refractivity contribution < 1.29 is 0 Å². The molecule has 6 heteroatoms. The second-order valence-corrected chi connectivity index (χ2v) is 6.14. The maximum Gasteiger partial charge on any atom is 0.330 e. The highest BCUT2D eigenvalue weighted by molar-refractivity contribution is 5.02. The lowest BCUT2D eigenvalue weighted by Gasteiger charge is -2.37. The largest absolute Gasteiger partial charge is 0.330 e. The molecule has 0 amide bonds. The summed E-state index contributed by atoms with van der Waals surface area (Å²) in [6.07, 6.45) is 4.77. The molecule has 1 aromatic heterocycles. The molecule has 1 fully saturated rings. The van der Waals surface area contributed by atoms with Crippen molar-refractivity contribution in [2.24, 2.45) is 25.7 Å². The Kier molecular flexibility index (Phi) is 5.00. The summed E-state index contributed by atoms with van der Waals surface area (Å²) in [4.78, 5) is 26.0. The smallest absolute Gasteiger partial charge is 0.330 e. The van der Waals surface area contributed by atoms with Crippen LogP contribution < -0.4 is 17.0 Å². The van der Waals surface area contributed by atoms with E-state index in [2.05, 4.69) is 11.9 Å². The Morgan fingerprint density at radius 3 is 2.57 bits per heavy atom. The van der Waals surface area contributed by atoms with Crippen molar-refractivity contribution in [3.63, 3.8) is 0 Å². The molecule has 1 aliphatic carbocycles. The molecular weight excluding hydrogens is 268 g/mol. The molecule has 0 spiro atoms. The summed E-state index contributed by atoms with van der Waals surface area (Å²) in [5.41, 5.74) is 6.12. The van der Waals surface area contributed by atoms with Crippen molar-refractivity contribution in [2.45, 2.75) is 38.3 Å². The molecule has 0 aliphatic heterocycles. The summed E-state index contributed by atoms with van der Waals surface area (Å²) < 4.78 is 2.69. The molecule has 2 N–H and O–H groups in total. The van der Waals surface area contributed by atoms with Crippen molar-refractivity contribution in [1.29, 1.82) is 0 Å². The van der Waals surface area contributed by atoms with Gasteiger partial charge in [0.1, 0.15) is 0 Å². The molecule has 2 unspecified atom stereocenters. The van der Waals surface area contributed by atoms with Gasteiger partial charge in [-0.1, -0.05) is 12.8 Å². The number of rotatable bonds is 4. The molecule has 0 radical (unpaired) electrons. The van der Waals surface area contributed by atoms with Crippen LogP contribution in [0.5, 0.6) is 0 Å². The Morgan fingerprint density at radius 1 is 1.24 bits per heavy atom. The highest BCUT2D eigenvalue weighted by atomic mass is 16.2. The van der Waals surface area contributed by atoms with E-state index < -0.39 is 0 Å². The molecular formula is C15H26N4O2. The minimum atomic E-state index is -0.273. The van der Waals surface area contributed by atoms with Crippen LogP contribution in [0.3, 0.4) is 0 Å². The van der Waals surface area contributed by atoms with E-state index in [0.29, 0.717) is 25.0 Å². The molecule has 2 atom stereocenters. The quantitative estimate of drug-likeness (QED) is 0.850. The average Bonchev–Trinajstić information content (AvgIpc) is 2.50. The van der Waals surface area contributed by atoms with E-state index in [1.807, 2.05) is 0 Å². The number of hydrogen-bond donors (Lipinski definition) is 1. The van der Waals surface area contributed by atoms with Crippen LogP contribution in [0.2, 0.25) is 0 Å². The lowest BCUT2D eigenvalue weighted by atomic mass is 9.83. The van der Waals surface area contributed by atoms with Crippen LogP contribution in [0.4, 0.5) is 0 Å². The van der Waals surface area contributed by atoms with E-state index in [1.165, 1.54) is 26.3 Å². The normalized spacial score (nSPS) is 22.7. The first-order chi connectivity index (χ1) is 9.95.